The number of aliphatic carboxylic acids is 1. The standard InChI is InChI=1S/C19H24N4O3S/c1-14-6-8-15(9-7-14)23-13-20-22-18(23)27-12-16(24)21-19(17(25)26)10-4-2-3-5-11-19/h6-9,13H,2-5,10-12H2,1H3,(H,21,24)(H,25,26). The third-order valence-corrected chi connectivity index (χ3v) is 5.85. The normalized spacial score (nSPS) is 16.5. The summed E-state index contributed by atoms with van der Waals surface area (Å²) in [6, 6.07) is 7.93. The third kappa shape index (κ3) is 4.68. The zero-order valence-electron chi connectivity index (χ0n) is 15.4. The number of amides is 1. The summed E-state index contributed by atoms with van der Waals surface area (Å²) in [6.45, 7) is 2.02. The van der Waals surface area contributed by atoms with Gasteiger partial charge in [0.2, 0.25) is 5.91 Å². The Balaban J connectivity index is 1.65. The minimum atomic E-state index is -1.14. The van der Waals surface area contributed by atoms with Gasteiger partial charge < -0.3 is 10.4 Å². The smallest absolute Gasteiger partial charge is 0.329 e. The molecular formula is C19H24N4O3S. The number of carbonyl (C=O) groups excluding carboxylic acids is 1. The van der Waals surface area contributed by atoms with E-state index in [-0.39, 0.29) is 11.7 Å². The van der Waals surface area contributed by atoms with Crippen LogP contribution in [0.4, 0.5) is 0 Å². The zero-order chi connectivity index (χ0) is 19.3. The van der Waals surface area contributed by atoms with Crippen LogP contribution in [0.5, 0.6) is 0 Å². The molecule has 0 radical (unpaired) electrons. The van der Waals surface area contributed by atoms with E-state index >= 15 is 0 Å². The predicted molar refractivity (Wildman–Crippen MR) is 103 cm³/mol. The van der Waals surface area contributed by atoms with Gasteiger partial charge in [0.25, 0.3) is 0 Å². The van der Waals surface area contributed by atoms with Gasteiger partial charge in [-0.25, -0.2) is 4.79 Å². The van der Waals surface area contributed by atoms with Crippen molar-refractivity contribution in [3.05, 3.63) is 36.2 Å². The number of carboxylic acids is 1. The van der Waals surface area contributed by atoms with Crippen LogP contribution in [0.25, 0.3) is 5.69 Å². The van der Waals surface area contributed by atoms with Crippen molar-refractivity contribution in [3.8, 4) is 5.69 Å². The quantitative estimate of drug-likeness (QED) is 0.583. The van der Waals surface area contributed by atoms with E-state index in [4.69, 9.17) is 0 Å². The molecule has 1 aromatic heterocycles. The Hall–Kier alpha value is -2.35. The van der Waals surface area contributed by atoms with Crippen LogP contribution in [0.1, 0.15) is 44.1 Å². The van der Waals surface area contributed by atoms with Gasteiger partial charge in [-0.3, -0.25) is 9.36 Å². The van der Waals surface area contributed by atoms with Crippen molar-refractivity contribution in [2.24, 2.45) is 0 Å². The number of hydrogen-bond donors (Lipinski definition) is 2. The molecule has 1 aromatic carbocycles. The molecular weight excluding hydrogens is 364 g/mol. The summed E-state index contributed by atoms with van der Waals surface area (Å²) in [5.41, 5.74) is 0.931. The number of aromatic nitrogens is 3. The highest BCUT2D eigenvalue weighted by molar-refractivity contribution is 7.99. The van der Waals surface area contributed by atoms with Crippen LogP contribution < -0.4 is 5.32 Å². The number of benzene rings is 1. The summed E-state index contributed by atoms with van der Waals surface area (Å²) in [4.78, 5) is 24.3. The van der Waals surface area contributed by atoms with Crippen molar-refractivity contribution in [2.75, 3.05) is 5.75 Å². The first-order valence-corrected chi connectivity index (χ1v) is 10.1. The highest BCUT2D eigenvalue weighted by Gasteiger charge is 2.39. The van der Waals surface area contributed by atoms with E-state index in [1.807, 2.05) is 35.8 Å². The monoisotopic (exact) mass is 388 g/mol. The molecule has 0 atom stereocenters. The highest BCUT2D eigenvalue weighted by atomic mass is 32.2. The number of carboxylic acid groups (broad SMARTS) is 1. The third-order valence-electron chi connectivity index (χ3n) is 4.91. The molecule has 144 valence electrons. The van der Waals surface area contributed by atoms with Gasteiger partial charge in [0, 0.05) is 5.69 Å². The van der Waals surface area contributed by atoms with Crippen molar-refractivity contribution in [1.82, 2.24) is 20.1 Å². The number of hydrogen-bond acceptors (Lipinski definition) is 5. The van der Waals surface area contributed by atoms with E-state index in [0.29, 0.717) is 18.0 Å². The molecule has 0 spiro atoms. The fourth-order valence-corrected chi connectivity index (χ4v) is 4.09. The Labute approximate surface area is 162 Å². The van der Waals surface area contributed by atoms with Gasteiger partial charge in [0.15, 0.2) is 5.16 Å². The molecule has 0 saturated heterocycles. The van der Waals surface area contributed by atoms with Crippen molar-refractivity contribution in [3.63, 3.8) is 0 Å². The lowest BCUT2D eigenvalue weighted by Gasteiger charge is -2.29. The van der Waals surface area contributed by atoms with Crippen LogP contribution >= 0.6 is 11.8 Å². The Bertz CT molecular complexity index is 796. The van der Waals surface area contributed by atoms with Crippen LogP contribution in [-0.2, 0) is 9.59 Å². The molecule has 2 aromatic rings. The van der Waals surface area contributed by atoms with Crippen LogP contribution in [0.2, 0.25) is 0 Å². The SMILES string of the molecule is Cc1ccc(-n2cnnc2SCC(=O)NC2(C(=O)O)CCCCCC2)cc1. The van der Waals surface area contributed by atoms with Gasteiger partial charge in [-0.15, -0.1) is 10.2 Å². The summed E-state index contributed by atoms with van der Waals surface area (Å²) >= 11 is 1.25. The summed E-state index contributed by atoms with van der Waals surface area (Å²) in [5, 5.41) is 21.1. The molecule has 3 rings (SSSR count). The van der Waals surface area contributed by atoms with Crippen molar-refractivity contribution < 1.29 is 14.7 Å². The lowest BCUT2D eigenvalue weighted by atomic mass is 9.90. The molecule has 1 aliphatic rings. The van der Waals surface area contributed by atoms with E-state index in [9.17, 15) is 14.7 Å². The number of carbonyl (C=O) groups is 2. The summed E-state index contributed by atoms with van der Waals surface area (Å²) < 4.78 is 1.82. The first kappa shape index (κ1) is 19.4. The van der Waals surface area contributed by atoms with Crippen molar-refractivity contribution >= 4 is 23.6 Å². The number of nitrogens with zero attached hydrogens (tertiary/aromatic N) is 3. The first-order valence-electron chi connectivity index (χ1n) is 9.14. The molecule has 0 unspecified atom stereocenters. The summed E-state index contributed by atoms with van der Waals surface area (Å²) in [6.07, 6.45) is 6.24. The molecule has 2 N–H and O–H groups in total. The topological polar surface area (TPSA) is 97.1 Å². The largest absolute Gasteiger partial charge is 0.480 e. The molecule has 1 aliphatic carbocycles. The number of rotatable bonds is 6. The lowest BCUT2D eigenvalue weighted by Crippen LogP contribution is -2.54. The fourth-order valence-electron chi connectivity index (χ4n) is 3.36. The van der Waals surface area contributed by atoms with Crippen molar-refractivity contribution in [1.29, 1.82) is 0 Å². The molecule has 1 fully saturated rings. The van der Waals surface area contributed by atoms with E-state index in [1.54, 1.807) is 6.33 Å². The molecule has 7 nitrogen and oxygen atoms in total. The Morgan fingerprint density at radius 3 is 2.48 bits per heavy atom. The van der Waals surface area contributed by atoms with Gasteiger partial charge in [0.1, 0.15) is 11.9 Å². The molecule has 0 bridgehead atoms. The highest BCUT2D eigenvalue weighted by Crippen LogP contribution is 2.28. The van der Waals surface area contributed by atoms with E-state index in [2.05, 4.69) is 15.5 Å². The summed E-state index contributed by atoms with van der Waals surface area (Å²) in [5.74, 6) is -1.13. The molecule has 0 aliphatic heterocycles. The Morgan fingerprint density at radius 1 is 1.19 bits per heavy atom. The average molecular weight is 388 g/mol. The minimum absolute atomic E-state index is 0.0968. The molecule has 1 saturated carbocycles. The second kappa shape index (κ2) is 8.56. The van der Waals surface area contributed by atoms with Gasteiger partial charge in [0.05, 0.1) is 5.75 Å². The lowest BCUT2D eigenvalue weighted by molar-refractivity contribution is -0.148. The van der Waals surface area contributed by atoms with Gasteiger partial charge >= 0.3 is 5.97 Å². The number of thioether (sulfide) groups is 1. The van der Waals surface area contributed by atoms with Gasteiger partial charge in [-0.2, -0.15) is 0 Å². The number of nitrogens with one attached hydrogen (secondary N) is 1. The van der Waals surface area contributed by atoms with Crippen LogP contribution in [0, 0.1) is 6.92 Å². The van der Waals surface area contributed by atoms with E-state index in [1.165, 1.54) is 11.8 Å². The Kier molecular flexibility index (Phi) is 6.15. The van der Waals surface area contributed by atoms with Crippen LogP contribution in [0.3, 0.4) is 0 Å². The summed E-state index contributed by atoms with van der Waals surface area (Å²) in [7, 11) is 0. The molecule has 1 amide bonds. The van der Waals surface area contributed by atoms with Gasteiger partial charge in [-0.05, 0) is 31.9 Å². The average Bonchev–Trinajstić information content (AvgIpc) is 2.98. The van der Waals surface area contributed by atoms with Crippen LogP contribution in [0.15, 0.2) is 35.7 Å². The fraction of sp³-hybridized carbons (Fsp3) is 0.474. The van der Waals surface area contributed by atoms with E-state index in [0.717, 1.165) is 36.9 Å². The second-order valence-electron chi connectivity index (χ2n) is 6.96. The van der Waals surface area contributed by atoms with Crippen LogP contribution in [-0.4, -0.2) is 43.0 Å². The number of aryl methyl sites for hydroxylation is 1. The maximum atomic E-state index is 12.5. The van der Waals surface area contributed by atoms with Gasteiger partial charge in [-0.1, -0.05) is 55.1 Å². The molecule has 1 heterocycles. The molecule has 8 heteroatoms. The maximum Gasteiger partial charge on any atom is 0.329 e. The first-order chi connectivity index (χ1) is 13.0. The maximum absolute atomic E-state index is 12.5. The Morgan fingerprint density at radius 2 is 1.85 bits per heavy atom. The predicted octanol–water partition coefficient (Wildman–Crippen LogP) is 2.96. The minimum Gasteiger partial charge on any atom is -0.480 e. The zero-order valence-corrected chi connectivity index (χ0v) is 16.2. The van der Waals surface area contributed by atoms with E-state index < -0.39 is 11.5 Å². The second-order valence-corrected chi connectivity index (χ2v) is 7.90. The molecule has 27 heavy (non-hydrogen) atoms. The van der Waals surface area contributed by atoms with Crippen molar-refractivity contribution in [2.45, 2.75) is 56.1 Å².